The molecule has 0 spiro atoms. The number of fused-ring (bicyclic) bond motifs is 2. The first-order valence-electron chi connectivity index (χ1n) is 8.82. The highest BCUT2D eigenvalue weighted by molar-refractivity contribution is 5.79. The van der Waals surface area contributed by atoms with E-state index in [-0.39, 0.29) is 18.2 Å². The van der Waals surface area contributed by atoms with Gasteiger partial charge >= 0.3 is 6.09 Å². The van der Waals surface area contributed by atoms with Crippen LogP contribution in [-0.2, 0) is 4.74 Å². The van der Waals surface area contributed by atoms with Gasteiger partial charge in [0.1, 0.15) is 5.60 Å². The Morgan fingerprint density at radius 1 is 1.21 bits per heavy atom. The van der Waals surface area contributed by atoms with E-state index in [0.29, 0.717) is 0 Å². The minimum atomic E-state index is -0.455. The molecule has 2 unspecified atom stereocenters. The molecule has 3 nitrogen and oxygen atoms in total. The third kappa shape index (κ3) is 3.55. The summed E-state index contributed by atoms with van der Waals surface area (Å²) in [5.74, 6) is 0. The second-order valence-electron chi connectivity index (χ2n) is 7.78. The van der Waals surface area contributed by atoms with Crippen LogP contribution in [0.25, 0.3) is 5.57 Å². The van der Waals surface area contributed by atoms with Crippen molar-refractivity contribution in [2.45, 2.75) is 64.1 Å². The van der Waals surface area contributed by atoms with Gasteiger partial charge in [0, 0.05) is 6.04 Å². The van der Waals surface area contributed by atoms with Crippen LogP contribution in [0, 0.1) is 0 Å². The van der Waals surface area contributed by atoms with Gasteiger partial charge in [-0.05, 0) is 63.2 Å². The molecule has 128 valence electrons. The van der Waals surface area contributed by atoms with E-state index >= 15 is 0 Å². The van der Waals surface area contributed by atoms with Crippen LogP contribution in [0.2, 0.25) is 0 Å². The Morgan fingerprint density at radius 3 is 2.54 bits per heavy atom. The number of benzene rings is 1. The molecular weight excluding hydrogens is 298 g/mol. The van der Waals surface area contributed by atoms with Crippen molar-refractivity contribution in [3.8, 4) is 0 Å². The van der Waals surface area contributed by atoms with Crippen molar-refractivity contribution in [1.29, 1.82) is 0 Å². The Hall–Kier alpha value is -2.03. The molecule has 3 rings (SSSR count). The highest BCUT2D eigenvalue weighted by Gasteiger charge is 2.39. The van der Waals surface area contributed by atoms with Gasteiger partial charge in [0.15, 0.2) is 0 Å². The number of rotatable bonds is 2. The van der Waals surface area contributed by atoms with E-state index in [1.165, 1.54) is 5.57 Å². The molecule has 0 aromatic heterocycles. The quantitative estimate of drug-likeness (QED) is 0.749. The maximum absolute atomic E-state index is 12.6. The number of ether oxygens (including phenoxy) is 1. The van der Waals surface area contributed by atoms with Gasteiger partial charge < -0.3 is 4.74 Å². The summed E-state index contributed by atoms with van der Waals surface area (Å²) in [5, 5.41) is 0. The summed E-state index contributed by atoms with van der Waals surface area (Å²) in [6.07, 6.45) is 6.11. The monoisotopic (exact) mass is 325 g/mol. The van der Waals surface area contributed by atoms with E-state index in [2.05, 4.69) is 24.8 Å². The van der Waals surface area contributed by atoms with E-state index < -0.39 is 5.60 Å². The van der Waals surface area contributed by atoms with E-state index in [1.54, 1.807) is 0 Å². The van der Waals surface area contributed by atoms with Gasteiger partial charge in [-0.25, -0.2) is 4.79 Å². The minimum absolute atomic E-state index is 0.128. The van der Waals surface area contributed by atoms with Crippen LogP contribution >= 0.6 is 0 Å². The van der Waals surface area contributed by atoms with Crippen LogP contribution in [0.3, 0.4) is 0 Å². The third-order valence-corrected chi connectivity index (χ3v) is 4.75. The number of amides is 1. The molecule has 2 bridgehead atoms. The standard InChI is InChI=1S/C21H27NO2/c1-15(16-9-6-5-7-10-16)17-13-18-11-8-12-19(14-17)22(18)20(23)24-21(2,3)4/h5-7,9-10,13,18-19H,1,8,11-12,14H2,2-4H3. The van der Waals surface area contributed by atoms with Crippen molar-refractivity contribution in [1.82, 2.24) is 4.90 Å². The summed E-state index contributed by atoms with van der Waals surface area (Å²) in [4.78, 5) is 14.6. The van der Waals surface area contributed by atoms with E-state index in [0.717, 1.165) is 36.8 Å². The predicted octanol–water partition coefficient (Wildman–Crippen LogP) is 5.19. The van der Waals surface area contributed by atoms with E-state index in [4.69, 9.17) is 4.74 Å². The second kappa shape index (κ2) is 6.46. The highest BCUT2D eigenvalue weighted by Crippen LogP contribution is 2.38. The van der Waals surface area contributed by atoms with E-state index in [9.17, 15) is 4.79 Å². The fraction of sp³-hybridized carbons (Fsp3) is 0.476. The van der Waals surface area contributed by atoms with Crippen molar-refractivity contribution in [3.63, 3.8) is 0 Å². The Kier molecular flexibility index (Phi) is 4.53. The fourth-order valence-electron chi connectivity index (χ4n) is 3.68. The Bertz CT molecular complexity index is 654. The average molecular weight is 325 g/mol. The van der Waals surface area contributed by atoms with Gasteiger partial charge in [-0.15, -0.1) is 0 Å². The Labute approximate surface area is 145 Å². The maximum Gasteiger partial charge on any atom is 0.411 e. The van der Waals surface area contributed by atoms with Gasteiger partial charge in [0.25, 0.3) is 0 Å². The van der Waals surface area contributed by atoms with Gasteiger partial charge in [0.05, 0.1) is 6.04 Å². The number of carbonyl (C=O) groups excluding carboxylic acids is 1. The summed E-state index contributed by atoms with van der Waals surface area (Å²) in [5.41, 5.74) is 3.06. The largest absolute Gasteiger partial charge is 0.444 e. The zero-order valence-electron chi connectivity index (χ0n) is 14.9. The van der Waals surface area contributed by atoms with Crippen molar-refractivity contribution in [2.75, 3.05) is 0 Å². The van der Waals surface area contributed by atoms with Gasteiger partial charge in [-0.1, -0.05) is 43.0 Å². The van der Waals surface area contributed by atoms with Crippen LogP contribution in [0.15, 0.2) is 48.6 Å². The summed E-state index contributed by atoms with van der Waals surface area (Å²) < 4.78 is 5.63. The lowest BCUT2D eigenvalue weighted by atomic mass is 9.82. The molecule has 2 atom stereocenters. The zero-order chi connectivity index (χ0) is 17.3. The molecule has 1 saturated heterocycles. The molecule has 1 fully saturated rings. The first-order chi connectivity index (χ1) is 11.3. The Morgan fingerprint density at radius 2 is 1.92 bits per heavy atom. The molecule has 0 aliphatic carbocycles. The summed E-state index contributed by atoms with van der Waals surface area (Å²) in [6.45, 7) is 10.1. The predicted molar refractivity (Wildman–Crippen MR) is 97.7 cm³/mol. The molecule has 2 aliphatic rings. The number of hydrogen-bond donors (Lipinski definition) is 0. The molecule has 2 aliphatic heterocycles. The number of carbonyl (C=O) groups is 1. The molecule has 0 saturated carbocycles. The van der Waals surface area contributed by atoms with Gasteiger partial charge in [-0.3, -0.25) is 4.90 Å². The number of piperidine rings is 1. The molecule has 1 aromatic carbocycles. The van der Waals surface area contributed by atoms with Crippen molar-refractivity contribution < 1.29 is 9.53 Å². The lowest BCUT2D eigenvalue weighted by Crippen LogP contribution is -2.53. The normalized spacial score (nSPS) is 23.5. The maximum atomic E-state index is 12.6. The molecular formula is C21H27NO2. The van der Waals surface area contributed by atoms with Crippen LogP contribution in [-0.4, -0.2) is 28.7 Å². The van der Waals surface area contributed by atoms with Crippen LogP contribution in [0.5, 0.6) is 0 Å². The third-order valence-electron chi connectivity index (χ3n) is 4.75. The highest BCUT2D eigenvalue weighted by atomic mass is 16.6. The van der Waals surface area contributed by atoms with Gasteiger partial charge in [0.2, 0.25) is 0 Å². The molecule has 3 heteroatoms. The van der Waals surface area contributed by atoms with E-state index in [1.807, 2.05) is 43.9 Å². The molecule has 2 heterocycles. The second-order valence-corrected chi connectivity index (χ2v) is 7.78. The number of allylic oxidation sites excluding steroid dienone is 1. The Balaban J connectivity index is 1.82. The van der Waals surface area contributed by atoms with Crippen molar-refractivity contribution in [3.05, 3.63) is 54.1 Å². The lowest BCUT2D eigenvalue weighted by molar-refractivity contribution is -0.00107. The first-order valence-corrected chi connectivity index (χ1v) is 8.82. The first kappa shape index (κ1) is 16.8. The lowest BCUT2D eigenvalue weighted by Gasteiger charge is -2.45. The molecule has 0 radical (unpaired) electrons. The number of nitrogens with zero attached hydrogens (tertiary/aromatic N) is 1. The zero-order valence-corrected chi connectivity index (χ0v) is 14.9. The molecule has 24 heavy (non-hydrogen) atoms. The number of hydrogen-bond acceptors (Lipinski definition) is 2. The topological polar surface area (TPSA) is 29.5 Å². The van der Waals surface area contributed by atoms with Crippen LogP contribution in [0.1, 0.15) is 52.0 Å². The average Bonchev–Trinajstić information content (AvgIpc) is 2.52. The summed E-state index contributed by atoms with van der Waals surface area (Å²) in [6, 6.07) is 10.6. The fourth-order valence-corrected chi connectivity index (χ4v) is 3.68. The van der Waals surface area contributed by atoms with Crippen LogP contribution < -0.4 is 0 Å². The summed E-state index contributed by atoms with van der Waals surface area (Å²) >= 11 is 0. The van der Waals surface area contributed by atoms with Crippen molar-refractivity contribution >= 4 is 11.7 Å². The molecule has 1 aromatic rings. The van der Waals surface area contributed by atoms with Crippen LogP contribution in [0.4, 0.5) is 4.79 Å². The van der Waals surface area contributed by atoms with Gasteiger partial charge in [-0.2, -0.15) is 0 Å². The SMILES string of the molecule is C=C(C1=CC2CCCC(C1)N2C(=O)OC(C)(C)C)c1ccccc1. The van der Waals surface area contributed by atoms with Crippen molar-refractivity contribution in [2.24, 2.45) is 0 Å². The smallest absolute Gasteiger partial charge is 0.411 e. The molecule has 1 amide bonds. The summed E-state index contributed by atoms with van der Waals surface area (Å²) in [7, 11) is 0. The molecule has 0 N–H and O–H groups in total. The minimum Gasteiger partial charge on any atom is -0.444 e.